The van der Waals surface area contributed by atoms with Crippen molar-refractivity contribution in [2.45, 2.75) is 32.1 Å². The summed E-state index contributed by atoms with van der Waals surface area (Å²) in [6.07, 6.45) is 11.1. The molecule has 2 heteroatoms. The maximum atomic E-state index is 11.2. The lowest BCUT2D eigenvalue weighted by molar-refractivity contribution is -0.113. The molecule has 0 aromatic carbocycles. The molecule has 0 radical (unpaired) electrons. The van der Waals surface area contributed by atoms with Gasteiger partial charge in [-0.15, -0.1) is 0 Å². The predicted molar refractivity (Wildman–Crippen MR) is 63.7 cm³/mol. The van der Waals surface area contributed by atoms with Gasteiger partial charge < -0.3 is 5.73 Å². The summed E-state index contributed by atoms with van der Waals surface area (Å²) in [7, 11) is 0. The first kappa shape index (κ1) is 10.5. The second-order valence-electron chi connectivity index (χ2n) is 6.04. The second kappa shape index (κ2) is 3.99. The van der Waals surface area contributed by atoms with Crippen LogP contribution >= 0.6 is 0 Å². The van der Waals surface area contributed by atoms with Crippen molar-refractivity contribution < 1.29 is 4.79 Å². The van der Waals surface area contributed by atoms with E-state index in [4.69, 9.17) is 5.73 Å². The minimum atomic E-state index is 0.0776. The van der Waals surface area contributed by atoms with E-state index in [0.29, 0.717) is 5.92 Å². The molecule has 4 fully saturated rings. The van der Waals surface area contributed by atoms with Gasteiger partial charge in [-0.25, -0.2) is 0 Å². The molecular weight excluding hydrogens is 198 g/mol. The van der Waals surface area contributed by atoms with Crippen LogP contribution in [0.4, 0.5) is 0 Å². The first-order chi connectivity index (χ1) is 7.76. The third-order valence-corrected chi connectivity index (χ3v) is 5.01. The summed E-state index contributed by atoms with van der Waals surface area (Å²) in [5, 5.41) is 0. The van der Waals surface area contributed by atoms with Gasteiger partial charge >= 0.3 is 0 Å². The number of rotatable bonds is 3. The molecule has 88 valence electrons. The highest BCUT2D eigenvalue weighted by molar-refractivity contribution is 5.91. The fourth-order valence-electron chi connectivity index (χ4n) is 4.57. The smallest absolute Gasteiger partial charge is 0.168 e. The maximum Gasteiger partial charge on any atom is 0.168 e. The van der Waals surface area contributed by atoms with E-state index >= 15 is 0 Å². The molecule has 4 aliphatic carbocycles. The van der Waals surface area contributed by atoms with Crippen molar-refractivity contribution in [3.63, 3.8) is 0 Å². The van der Waals surface area contributed by atoms with E-state index in [1.165, 1.54) is 32.1 Å². The first-order valence-corrected chi connectivity index (χ1v) is 6.67. The van der Waals surface area contributed by atoms with E-state index in [2.05, 4.69) is 6.08 Å². The summed E-state index contributed by atoms with van der Waals surface area (Å²) in [4.78, 5) is 11.2. The standard InChI is InChI=1S/C14H21NO/c15-8-13(16)1-2-14-11-4-9-3-10(6-11)7-12(14)5-9/h1-2,9-12,14H,3-8,15H2/b2-1+. The van der Waals surface area contributed by atoms with Gasteiger partial charge in [0.25, 0.3) is 0 Å². The number of allylic oxidation sites excluding steroid dienone is 1. The highest BCUT2D eigenvalue weighted by Crippen LogP contribution is 2.56. The van der Waals surface area contributed by atoms with Gasteiger partial charge in [0.2, 0.25) is 0 Å². The van der Waals surface area contributed by atoms with Gasteiger partial charge in [-0.2, -0.15) is 0 Å². The van der Waals surface area contributed by atoms with Crippen molar-refractivity contribution >= 4 is 5.78 Å². The second-order valence-corrected chi connectivity index (χ2v) is 6.04. The zero-order valence-electron chi connectivity index (χ0n) is 9.77. The van der Waals surface area contributed by atoms with Crippen LogP contribution in [0.15, 0.2) is 12.2 Å². The topological polar surface area (TPSA) is 43.1 Å². The summed E-state index contributed by atoms with van der Waals surface area (Å²) in [5.74, 6) is 4.53. The quantitative estimate of drug-likeness (QED) is 0.739. The molecule has 0 spiro atoms. The molecule has 0 aliphatic heterocycles. The molecule has 4 saturated carbocycles. The van der Waals surface area contributed by atoms with Crippen LogP contribution in [0.2, 0.25) is 0 Å². The molecule has 0 heterocycles. The number of ketones is 1. The third kappa shape index (κ3) is 1.73. The van der Waals surface area contributed by atoms with Crippen molar-refractivity contribution in [3.05, 3.63) is 12.2 Å². The Bertz CT molecular complexity index is 293. The summed E-state index contributed by atoms with van der Waals surface area (Å²) in [5.41, 5.74) is 5.33. The van der Waals surface area contributed by atoms with E-state index in [0.717, 1.165) is 23.7 Å². The number of hydrogen-bond acceptors (Lipinski definition) is 2. The zero-order chi connectivity index (χ0) is 11.1. The Kier molecular flexibility index (Phi) is 2.62. The lowest BCUT2D eigenvalue weighted by atomic mass is 9.52. The van der Waals surface area contributed by atoms with Crippen LogP contribution in [0, 0.1) is 29.6 Å². The maximum absolute atomic E-state index is 11.2. The normalized spacial score (nSPS) is 45.4. The summed E-state index contributed by atoms with van der Waals surface area (Å²) in [6, 6.07) is 0. The van der Waals surface area contributed by atoms with Crippen LogP contribution in [0.1, 0.15) is 32.1 Å². The van der Waals surface area contributed by atoms with E-state index in [1.807, 2.05) is 0 Å². The Hall–Kier alpha value is -0.630. The molecule has 2 N–H and O–H groups in total. The van der Waals surface area contributed by atoms with E-state index in [1.54, 1.807) is 6.08 Å². The van der Waals surface area contributed by atoms with Crippen molar-refractivity contribution in [1.29, 1.82) is 0 Å². The average molecular weight is 219 g/mol. The van der Waals surface area contributed by atoms with Gasteiger partial charge in [-0.3, -0.25) is 4.79 Å². The van der Waals surface area contributed by atoms with Crippen LogP contribution < -0.4 is 5.73 Å². The van der Waals surface area contributed by atoms with Crippen LogP contribution in [0.5, 0.6) is 0 Å². The molecular formula is C14H21NO. The van der Waals surface area contributed by atoms with Crippen LogP contribution in [0.25, 0.3) is 0 Å². The minimum Gasteiger partial charge on any atom is -0.324 e. The van der Waals surface area contributed by atoms with Gasteiger partial charge in [-0.1, -0.05) is 6.08 Å². The van der Waals surface area contributed by atoms with E-state index in [9.17, 15) is 4.79 Å². The predicted octanol–water partition coefficient (Wildman–Crippen LogP) is 2.14. The first-order valence-electron chi connectivity index (χ1n) is 6.67. The van der Waals surface area contributed by atoms with Crippen molar-refractivity contribution in [2.75, 3.05) is 6.54 Å². The Morgan fingerprint density at radius 1 is 1.06 bits per heavy atom. The molecule has 16 heavy (non-hydrogen) atoms. The Morgan fingerprint density at radius 3 is 2.12 bits per heavy atom. The molecule has 0 aromatic rings. The fraction of sp³-hybridized carbons (Fsp3) is 0.786. The molecule has 0 amide bonds. The van der Waals surface area contributed by atoms with Gasteiger partial charge in [0.05, 0.1) is 6.54 Å². The highest BCUT2D eigenvalue weighted by atomic mass is 16.1. The van der Waals surface area contributed by atoms with Crippen LogP contribution in [-0.4, -0.2) is 12.3 Å². The third-order valence-electron chi connectivity index (χ3n) is 5.01. The molecule has 4 bridgehead atoms. The average Bonchev–Trinajstić information content (AvgIpc) is 2.26. The lowest BCUT2D eigenvalue weighted by Gasteiger charge is -2.53. The molecule has 0 aromatic heterocycles. The van der Waals surface area contributed by atoms with Gasteiger partial charge in [0.15, 0.2) is 5.78 Å². The lowest BCUT2D eigenvalue weighted by Crippen LogP contribution is -2.44. The number of hydrogen-bond donors (Lipinski definition) is 1. The Morgan fingerprint density at radius 2 is 1.62 bits per heavy atom. The molecule has 0 atom stereocenters. The largest absolute Gasteiger partial charge is 0.324 e. The molecule has 0 saturated heterocycles. The summed E-state index contributed by atoms with van der Waals surface area (Å²) in [6.45, 7) is 0.157. The van der Waals surface area contributed by atoms with Gasteiger partial charge in [0, 0.05) is 0 Å². The molecule has 0 unspecified atom stereocenters. The van der Waals surface area contributed by atoms with Gasteiger partial charge in [0.1, 0.15) is 0 Å². The van der Waals surface area contributed by atoms with Crippen LogP contribution in [-0.2, 0) is 4.79 Å². The Labute approximate surface area is 97.3 Å². The number of carbonyl (C=O) groups excluding carboxylic acids is 1. The van der Waals surface area contributed by atoms with E-state index in [-0.39, 0.29) is 12.3 Å². The van der Waals surface area contributed by atoms with Crippen molar-refractivity contribution in [3.8, 4) is 0 Å². The fourth-order valence-corrected chi connectivity index (χ4v) is 4.57. The zero-order valence-corrected chi connectivity index (χ0v) is 9.77. The minimum absolute atomic E-state index is 0.0776. The van der Waals surface area contributed by atoms with E-state index < -0.39 is 0 Å². The number of nitrogens with two attached hydrogens (primary N) is 1. The van der Waals surface area contributed by atoms with Gasteiger partial charge in [-0.05, 0) is 67.8 Å². The van der Waals surface area contributed by atoms with Crippen molar-refractivity contribution in [1.82, 2.24) is 0 Å². The highest BCUT2D eigenvalue weighted by Gasteiger charge is 2.46. The van der Waals surface area contributed by atoms with Crippen LogP contribution in [0.3, 0.4) is 0 Å². The summed E-state index contributed by atoms with van der Waals surface area (Å²) < 4.78 is 0. The molecule has 4 aliphatic rings. The number of carbonyl (C=O) groups is 1. The summed E-state index contributed by atoms with van der Waals surface area (Å²) >= 11 is 0. The molecule has 2 nitrogen and oxygen atoms in total. The monoisotopic (exact) mass is 219 g/mol. The molecule has 4 rings (SSSR count). The van der Waals surface area contributed by atoms with Crippen molar-refractivity contribution in [2.24, 2.45) is 35.3 Å². The Balaban J connectivity index is 1.72. The SMILES string of the molecule is NCC(=O)/C=C/C1C2CC3CC(C2)CC1C3.